The van der Waals surface area contributed by atoms with Gasteiger partial charge in [-0.3, -0.25) is 19.2 Å². The van der Waals surface area contributed by atoms with Gasteiger partial charge in [0.15, 0.2) is 0 Å². The maximum absolute atomic E-state index is 12.5. The van der Waals surface area contributed by atoms with Crippen molar-refractivity contribution >= 4 is 80.0 Å². The number of anilines is 2. The van der Waals surface area contributed by atoms with E-state index in [-0.39, 0.29) is 68.8 Å². The first kappa shape index (κ1) is 31.8. The zero-order valence-corrected chi connectivity index (χ0v) is 24.3. The van der Waals surface area contributed by atoms with E-state index in [0.717, 1.165) is 22.7 Å². The van der Waals surface area contributed by atoms with Crippen molar-refractivity contribution in [3.05, 3.63) is 32.0 Å². The molecule has 6 N–H and O–H groups in total. The average molecular weight is 599 g/mol. The lowest BCUT2D eigenvalue weighted by molar-refractivity contribution is -0.116. The van der Waals surface area contributed by atoms with Crippen LogP contribution in [0.1, 0.15) is 77.9 Å². The third-order valence-corrected chi connectivity index (χ3v) is 8.58. The highest BCUT2D eigenvalue weighted by molar-refractivity contribution is 7.99. The molecule has 2 aromatic heterocycles. The Labute approximate surface area is 237 Å². The number of ether oxygens (including phenoxy) is 2. The van der Waals surface area contributed by atoms with Crippen LogP contribution in [-0.2, 0) is 19.1 Å². The fourth-order valence-electron chi connectivity index (χ4n) is 3.38. The zero-order valence-electron chi connectivity index (χ0n) is 21.9. The summed E-state index contributed by atoms with van der Waals surface area (Å²) in [4.78, 5) is 73.3. The average Bonchev–Trinajstić information content (AvgIpc) is 3.35. The maximum atomic E-state index is 12.5. The number of primary amides is 2. The van der Waals surface area contributed by atoms with Crippen molar-refractivity contribution in [3.8, 4) is 0 Å². The summed E-state index contributed by atoms with van der Waals surface area (Å²) in [6.45, 7) is 6.65. The largest absolute Gasteiger partial charge is 0.462 e. The second-order valence-corrected chi connectivity index (χ2v) is 11.2. The molecular weight excluding hydrogens is 568 g/mol. The molecule has 12 nitrogen and oxygen atoms in total. The number of amides is 4. The molecule has 39 heavy (non-hydrogen) atoms. The van der Waals surface area contributed by atoms with Gasteiger partial charge in [-0.15, -0.1) is 22.7 Å². The van der Waals surface area contributed by atoms with Crippen molar-refractivity contribution < 1.29 is 38.2 Å². The third kappa shape index (κ3) is 8.28. The molecule has 0 atom stereocenters. The molecule has 0 aliphatic carbocycles. The van der Waals surface area contributed by atoms with Crippen molar-refractivity contribution in [2.24, 2.45) is 11.5 Å². The smallest absolute Gasteiger partial charge is 0.341 e. The molecule has 212 valence electrons. The number of esters is 2. The van der Waals surface area contributed by atoms with Crippen LogP contribution in [0.4, 0.5) is 10.0 Å². The first-order chi connectivity index (χ1) is 18.4. The predicted octanol–water partition coefficient (Wildman–Crippen LogP) is 3.07. The van der Waals surface area contributed by atoms with Crippen LogP contribution in [0.3, 0.4) is 0 Å². The van der Waals surface area contributed by atoms with Crippen LogP contribution in [0.5, 0.6) is 0 Å². The molecular formula is C24H30N4O8S3. The van der Waals surface area contributed by atoms with Gasteiger partial charge < -0.3 is 31.6 Å². The Balaban J connectivity index is 1.91. The SMILES string of the molecule is CCOC(=O)c1c(NC(=O)CCSCCC(=O)Nc2sc(C(N)=O)c(C)c2C(=O)OCC)sc(C(N)=O)c1C. The van der Waals surface area contributed by atoms with Gasteiger partial charge in [0.1, 0.15) is 10.0 Å². The minimum Gasteiger partial charge on any atom is -0.462 e. The van der Waals surface area contributed by atoms with Crippen molar-refractivity contribution in [2.75, 3.05) is 35.4 Å². The highest BCUT2D eigenvalue weighted by Gasteiger charge is 2.27. The minimum absolute atomic E-state index is 0.0799. The predicted molar refractivity (Wildman–Crippen MR) is 151 cm³/mol. The number of nitrogens with two attached hydrogens (primary N) is 2. The number of hydrogen-bond donors (Lipinski definition) is 4. The number of nitrogens with one attached hydrogen (secondary N) is 2. The van der Waals surface area contributed by atoms with Crippen LogP contribution in [0.2, 0.25) is 0 Å². The fourth-order valence-corrected chi connectivity index (χ4v) is 6.37. The van der Waals surface area contributed by atoms with Crippen LogP contribution >= 0.6 is 34.4 Å². The molecule has 0 bridgehead atoms. The number of thiophene rings is 2. The van der Waals surface area contributed by atoms with Gasteiger partial charge in [0, 0.05) is 24.3 Å². The summed E-state index contributed by atoms with van der Waals surface area (Å²) in [5.41, 5.74) is 11.6. The lowest BCUT2D eigenvalue weighted by Crippen LogP contribution is -2.16. The van der Waals surface area contributed by atoms with Crippen molar-refractivity contribution in [1.29, 1.82) is 0 Å². The van der Waals surface area contributed by atoms with Gasteiger partial charge in [-0.2, -0.15) is 11.8 Å². The molecule has 0 saturated carbocycles. The lowest BCUT2D eigenvalue weighted by atomic mass is 10.1. The van der Waals surface area contributed by atoms with E-state index in [1.807, 2.05) is 0 Å². The monoisotopic (exact) mass is 598 g/mol. The Bertz CT molecular complexity index is 1190. The molecule has 0 aliphatic heterocycles. The topological polar surface area (TPSA) is 197 Å². The third-order valence-electron chi connectivity index (χ3n) is 5.15. The summed E-state index contributed by atoms with van der Waals surface area (Å²) in [6, 6.07) is 0. The number of rotatable bonds is 14. The van der Waals surface area contributed by atoms with E-state index in [2.05, 4.69) is 10.6 Å². The number of carbonyl (C=O) groups excluding carboxylic acids is 6. The molecule has 0 saturated heterocycles. The summed E-state index contributed by atoms with van der Waals surface area (Å²) in [5.74, 6) is -2.78. The molecule has 2 heterocycles. The van der Waals surface area contributed by atoms with E-state index >= 15 is 0 Å². The first-order valence-corrected chi connectivity index (χ1v) is 14.6. The highest BCUT2D eigenvalue weighted by atomic mass is 32.2. The molecule has 2 rings (SSSR count). The van der Waals surface area contributed by atoms with Crippen molar-refractivity contribution in [1.82, 2.24) is 0 Å². The summed E-state index contributed by atoms with van der Waals surface area (Å²) in [7, 11) is 0. The number of carbonyl (C=O) groups is 6. The Hall–Kier alpha value is -3.43. The van der Waals surface area contributed by atoms with Gasteiger partial charge in [0.05, 0.1) is 34.1 Å². The number of hydrogen-bond acceptors (Lipinski definition) is 11. The minimum atomic E-state index is -0.713. The normalized spacial score (nSPS) is 10.6. The van der Waals surface area contributed by atoms with Crippen molar-refractivity contribution in [2.45, 2.75) is 40.5 Å². The van der Waals surface area contributed by atoms with Crippen LogP contribution < -0.4 is 22.1 Å². The van der Waals surface area contributed by atoms with E-state index in [4.69, 9.17) is 20.9 Å². The van der Waals surface area contributed by atoms with Gasteiger partial charge in [-0.05, 0) is 38.8 Å². The molecule has 0 aromatic carbocycles. The molecule has 0 fully saturated rings. The second kappa shape index (κ2) is 14.6. The zero-order chi connectivity index (χ0) is 29.3. The molecule has 0 radical (unpaired) electrons. The van der Waals surface area contributed by atoms with Gasteiger partial charge >= 0.3 is 11.9 Å². The van der Waals surface area contributed by atoms with Gasteiger partial charge in [0.25, 0.3) is 11.8 Å². The molecule has 0 aliphatic rings. The Morgan fingerprint density at radius 1 is 0.718 bits per heavy atom. The summed E-state index contributed by atoms with van der Waals surface area (Å²) < 4.78 is 10.1. The molecule has 0 spiro atoms. The van der Waals surface area contributed by atoms with E-state index in [1.165, 1.54) is 11.8 Å². The van der Waals surface area contributed by atoms with E-state index in [9.17, 15) is 28.8 Å². The molecule has 0 unspecified atom stereocenters. The second-order valence-electron chi connectivity index (χ2n) is 7.90. The van der Waals surface area contributed by atoms with E-state index < -0.39 is 23.8 Å². The fraction of sp³-hybridized carbons (Fsp3) is 0.417. The first-order valence-electron chi connectivity index (χ1n) is 11.8. The summed E-state index contributed by atoms with van der Waals surface area (Å²) >= 11 is 3.16. The Morgan fingerprint density at radius 3 is 1.38 bits per heavy atom. The van der Waals surface area contributed by atoms with Crippen LogP contribution in [-0.4, -0.2) is 60.3 Å². The van der Waals surface area contributed by atoms with Crippen molar-refractivity contribution in [3.63, 3.8) is 0 Å². The Kier molecular flexibility index (Phi) is 11.9. The standard InChI is InChI=1S/C24H30N4O8S3/c1-5-35-23(33)15-11(3)17(19(25)31)38-21(15)27-13(29)7-9-37-10-8-14(30)28-22-16(24(34)36-6-2)12(4)18(39-22)20(26)32/h5-10H2,1-4H3,(H2,25,31)(H2,26,32)(H,27,29)(H,28,30). The Morgan fingerprint density at radius 2 is 1.08 bits per heavy atom. The van der Waals surface area contributed by atoms with Gasteiger partial charge in [0.2, 0.25) is 11.8 Å². The molecule has 2 aromatic rings. The van der Waals surface area contributed by atoms with Crippen LogP contribution in [0.25, 0.3) is 0 Å². The quantitative estimate of drug-likeness (QED) is 0.186. The van der Waals surface area contributed by atoms with E-state index in [1.54, 1.807) is 27.7 Å². The van der Waals surface area contributed by atoms with Crippen LogP contribution in [0, 0.1) is 13.8 Å². The molecule has 4 amide bonds. The van der Waals surface area contributed by atoms with Gasteiger partial charge in [-0.25, -0.2) is 9.59 Å². The summed E-state index contributed by atoms with van der Waals surface area (Å²) in [6.07, 6.45) is 0.160. The highest BCUT2D eigenvalue weighted by Crippen LogP contribution is 2.35. The summed E-state index contributed by atoms with van der Waals surface area (Å²) in [5, 5.41) is 5.66. The lowest BCUT2D eigenvalue weighted by Gasteiger charge is -2.08. The number of thioether (sulfide) groups is 1. The van der Waals surface area contributed by atoms with Gasteiger partial charge in [-0.1, -0.05) is 0 Å². The maximum Gasteiger partial charge on any atom is 0.341 e. The van der Waals surface area contributed by atoms with Crippen LogP contribution in [0.15, 0.2) is 0 Å². The van der Waals surface area contributed by atoms with E-state index in [0.29, 0.717) is 22.6 Å². The molecule has 15 heteroatoms.